The van der Waals surface area contributed by atoms with E-state index in [2.05, 4.69) is 10.1 Å². The lowest BCUT2D eigenvalue weighted by Gasteiger charge is -2.38. The van der Waals surface area contributed by atoms with Crippen molar-refractivity contribution in [2.24, 2.45) is 0 Å². The second-order valence-corrected chi connectivity index (χ2v) is 7.37. The second kappa shape index (κ2) is 5.52. The average Bonchev–Trinajstić information content (AvgIpc) is 3.14. The van der Waals surface area contributed by atoms with Crippen LogP contribution in [0.1, 0.15) is 36.2 Å². The van der Waals surface area contributed by atoms with Crippen LogP contribution in [0.2, 0.25) is 0 Å². The van der Waals surface area contributed by atoms with Crippen LogP contribution < -0.4 is 0 Å². The summed E-state index contributed by atoms with van der Waals surface area (Å²) in [6.07, 6.45) is -3.76. The van der Waals surface area contributed by atoms with Gasteiger partial charge in [-0.3, -0.25) is 9.48 Å². The summed E-state index contributed by atoms with van der Waals surface area (Å²) in [6, 6.07) is 0.801. The van der Waals surface area contributed by atoms with Crippen molar-refractivity contribution in [2.75, 3.05) is 13.1 Å². The first-order chi connectivity index (χ1) is 12.8. The number of alkyl halides is 5. The van der Waals surface area contributed by atoms with Crippen LogP contribution >= 0.6 is 0 Å². The number of aromatic nitrogens is 4. The molecular formula is C16H16F5N5O2. The number of likely N-dealkylation sites (tertiary alicyclic amines) is 1. The van der Waals surface area contributed by atoms with Gasteiger partial charge in [0.2, 0.25) is 5.60 Å². The van der Waals surface area contributed by atoms with Gasteiger partial charge in [-0.25, -0.2) is 13.8 Å². The first-order valence-electron chi connectivity index (χ1n) is 8.44. The zero-order valence-electron chi connectivity index (χ0n) is 14.8. The van der Waals surface area contributed by atoms with Gasteiger partial charge >= 0.3 is 6.18 Å². The van der Waals surface area contributed by atoms with Crippen molar-refractivity contribution in [3.05, 3.63) is 23.8 Å². The summed E-state index contributed by atoms with van der Waals surface area (Å²) in [4.78, 5) is 17.1. The van der Waals surface area contributed by atoms with E-state index >= 15 is 0 Å². The SMILES string of the molecule is C[C@H]1Cn2nc(C(=O)N3CC(F)(F)C3)cc2-c2cnc(C(C)(O)C(F)(F)F)n21. The van der Waals surface area contributed by atoms with Gasteiger partial charge in [0, 0.05) is 0 Å². The molecule has 0 spiro atoms. The van der Waals surface area contributed by atoms with Crippen LogP contribution in [0.5, 0.6) is 0 Å². The Morgan fingerprint density at radius 1 is 1.29 bits per heavy atom. The Balaban J connectivity index is 1.72. The Bertz CT molecular complexity index is 953. The number of imidazole rings is 1. The van der Waals surface area contributed by atoms with E-state index in [9.17, 15) is 31.9 Å². The highest BCUT2D eigenvalue weighted by molar-refractivity contribution is 5.94. The van der Waals surface area contributed by atoms with Crippen LogP contribution in [0.3, 0.4) is 0 Å². The monoisotopic (exact) mass is 405 g/mol. The zero-order valence-corrected chi connectivity index (χ0v) is 14.8. The van der Waals surface area contributed by atoms with Gasteiger partial charge < -0.3 is 14.6 Å². The van der Waals surface area contributed by atoms with Crippen LogP contribution in [0.25, 0.3) is 11.4 Å². The van der Waals surface area contributed by atoms with E-state index in [1.165, 1.54) is 21.5 Å². The van der Waals surface area contributed by atoms with Gasteiger partial charge in [0.05, 0.1) is 43.3 Å². The zero-order chi connectivity index (χ0) is 20.6. The number of fused-ring (bicyclic) bond motifs is 3. The molecule has 0 saturated carbocycles. The Kier molecular flexibility index (Phi) is 3.72. The molecule has 1 amide bonds. The second-order valence-electron chi connectivity index (χ2n) is 7.37. The highest BCUT2D eigenvalue weighted by Crippen LogP contribution is 2.42. The van der Waals surface area contributed by atoms with E-state index in [0.717, 1.165) is 4.90 Å². The van der Waals surface area contributed by atoms with Crippen molar-refractivity contribution in [1.29, 1.82) is 0 Å². The normalized spacial score (nSPS) is 22.9. The smallest absolute Gasteiger partial charge is 0.374 e. The largest absolute Gasteiger partial charge is 0.424 e. The summed E-state index contributed by atoms with van der Waals surface area (Å²) in [6.45, 7) is 0.995. The number of carbonyl (C=O) groups excluding carboxylic acids is 1. The van der Waals surface area contributed by atoms with Crippen molar-refractivity contribution in [3.8, 4) is 11.4 Å². The van der Waals surface area contributed by atoms with Crippen molar-refractivity contribution in [3.63, 3.8) is 0 Å². The molecule has 2 aromatic heterocycles. The summed E-state index contributed by atoms with van der Waals surface area (Å²) in [5, 5.41) is 14.2. The van der Waals surface area contributed by atoms with E-state index in [4.69, 9.17) is 0 Å². The molecule has 0 aliphatic carbocycles. The molecule has 152 valence electrons. The maximum Gasteiger partial charge on any atom is 0.424 e. The van der Waals surface area contributed by atoms with Gasteiger partial charge in [0.15, 0.2) is 11.5 Å². The maximum absolute atomic E-state index is 13.3. The van der Waals surface area contributed by atoms with E-state index in [1.54, 1.807) is 6.92 Å². The highest BCUT2D eigenvalue weighted by atomic mass is 19.4. The quantitative estimate of drug-likeness (QED) is 0.778. The first kappa shape index (κ1) is 18.8. The summed E-state index contributed by atoms with van der Waals surface area (Å²) in [5.41, 5.74) is -2.66. The molecule has 2 atom stereocenters. The molecule has 4 heterocycles. The first-order valence-corrected chi connectivity index (χ1v) is 8.44. The number of hydrogen-bond acceptors (Lipinski definition) is 4. The number of halogens is 5. The highest BCUT2D eigenvalue weighted by Gasteiger charge is 2.55. The molecule has 12 heteroatoms. The van der Waals surface area contributed by atoms with E-state index in [-0.39, 0.29) is 17.9 Å². The average molecular weight is 405 g/mol. The van der Waals surface area contributed by atoms with Crippen molar-refractivity contribution in [1.82, 2.24) is 24.2 Å². The summed E-state index contributed by atoms with van der Waals surface area (Å²) in [7, 11) is 0. The van der Waals surface area contributed by atoms with Crippen LogP contribution in [-0.2, 0) is 12.1 Å². The lowest BCUT2D eigenvalue weighted by atomic mass is 10.0. The molecule has 2 aromatic rings. The number of hydrogen-bond donors (Lipinski definition) is 1. The van der Waals surface area contributed by atoms with Gasteiger partial charge in [-0.2, -0.15) is 18.3 Å². The van der Waals surface area contributed by atoms with Gasteiger partial charge in [0.1, 0.15) is 0 Å². The summed E-state index contributed by atoms with van der Waals surface area (Å²) >= 11 is 0. The number of amides is 1. The fourth-order valence-corrected chi connectivity index (χ4v) is 3.50. The Hall–Kier alpha value is -2.50. The molecule has 7 nitrogen and oxygen atoms in total. The fourth-order valence-electron chi connectivity index (χ4n) is 3.50. The molecule has 4 rings (SSSR count). The summed E-state index contributed by atoms with van der Waals surface area (Å²) < 4.78 is 68.5. The third-order valence-corrected chi connectivity index (χ3v) is 5.06. The van der Waals surface area contributed by atoms with Gasteiger partial charge in [-0.1, -0.05) is 0 Å². The van der Waals surface area contributed by atoms with Gasteiger partial charge in [-0.15, -0.1) is 0 Å². The lowest BCUT2D eigenvalue weighted by molar-refractivity contribution is -0.262. The van der Waals surface area contributed by atoms with E-state index in [0.29, 0.717) is 12.6 Å². The molecule has 2 aliphatic rings. The maximum atomic E-state index is 13.3. The molecule has 1 saturated heterocycles. The minimum atomic E-state index is -4.93. The van der Waals surface area contributed by atoms with Crippen LogP contribution in [0, 0.1) is 0 Å². The summed E-state index contributed by atoms with van der Waals surface area (Å²) in [5.74, 6) is -4.15. The van der Waals surface area contributed by atoms with Gasteiger partial charge in [0.25, 0.3) is 11.8 Å². The molecule has 1 N–H and O–H groups in total. The number of nitrogens with zero attached hydrogens (tertiary/aromatic N) is 5. The Morgan fingerprint density at radius 2 is 1.93 bits per heavy atom. The topological polar surface area (TPSA) is 76.2 Å². The van der Waals surface area contributed by atoms with E-state index < -0.39 is 48.6 Å². The van der Waals surface area contributed by atoms with Gasteiger partial charge in [-0.05, 0) is 19.9 Å². The number of carbonyl (C=O) groups is 1. The van der Waals surface area contributed by atoms with Crippen molar-refractivity contribution < 1.29 is 31.9 Å². The van der Waals surface area contributed by atoms with Crippen LogP contribution in [0.4, 0.5) is 22.0 Å². The van der Waals surface area contributed by atoms with Crippen LogP contribution in [-0.4, -0.2) is 60.4 Å². The number of rotatable bonds is 2. The molecule has 0 bridgehead atoms. The molecule has 1 unspecified atom stereocenters. The minimum absolute atomic E-state index is 0.0727. The standard InChI is InChI=1S/C16H16F5N5O2/c1-8-5-25-10(3-9(23-25)12(27)24-6-15(17,18)7-24)11-4-22-13(26(8)11)14(2,28)16(19,20)21/h3-4,8,28H,5-7H2,1-2H3/t8-,14?/m0/s1. The molecule has 1 fully saturated rings. The fraction of sp³-hybridized carbons (Fsp3) is 0.562. The minimum Gasteiger partial charge on any atom is -0.374 e. The number of aliphatic hydroxyl groups is 1. The Labute approximate surface area is 155 Å². The molecule has 28 heavy (non-hydrogen) atoms. The third-order valence-electron chi connectivity index (χ3n) is 5.06. The molecule has 0 aromatic carbocycles. The Morgan fingerprint density at radius 3 is 2.50 bits per heavy atom. The molecule has 2 aliphatic heterocycles. The third kappa shape index (κ3) is 2.61. The van der Waals surface area contributed by atoms with Crippen molar-refractivity contribution in [2.45, 2.75) is 44.1 Å². The van der Waals surface area contributed by atoms with E-state index in [1.807, 2.05) is 0 Å². The molecular weight excluding hydrogens is 389 g/mol. The predicted octanol–water partition coefficient (Wildman–Crippen LogP) is 2.18. The predicted molar refractivity (Wildman–Crippen MR) is 84.6 cm³/mol. The lowest BCUT2D eigenvalue weighted by Crippen LogP contribution is -2.58. The van der Waals surface area contributed by atoms with Crippen LogP contribution in [0.15, 0.2) is 12.3 Å². The van der Waals surface area contributed by atoms with Crippen molar-refractivity contribution >= 4 is 5.91 Å². The molecule has 0 radical (unpaired) electrons.